The Kier molecular flexibility index (Phi) is 5.84. The van der Waals surface area contributed by atoms with Gasteiger partial charge < -0.3 is 10.2 Å². The Labute approximate surface area is 123 Å². The van der Waals surface area contributed by atoms with Crippen LogP contribution in [0, 0.1) is 5.92 Å². The van der Waals surface area contributed by atoms with Crippen LogP contribution in [-0.2, 0) is 13.0 Å². The van der Waals surface area contributed by atoms with Gasteiger partial charge in [0.1, 0.15) is 5.82 Å². The summed E-state index contributed by atoms with van der Waals surface area (Å²) < 4.78 is 0. The van der Waals surface area contributed by atoms with Gasteiger partial charge in [-0.05, 0) is 49.4 Å². The highest BCUT2D eigenvalue weighted by molar-refractivity contribution is 5.43. The van der Waals surface area contributed by atoms with E-state index in [2.05, 4.69) is 43.1 Å². The smallest absolute Gasteiger partial charge is 0.129 e. The van der Waals surface area contributed by atoms with Crippen molar-refractivity contribution in [3.63, 3.8) is 0 Å². The molecule has 0 atom stereocenters. The third-order valence-electron chi connectivity index (χ3n) is 3.74. The number of rotatable bonds is 7. The van der Waals surface area contributed by atoms with Gasteiger partial charge in [0, 0.05) is 25.3 Å². The van der Waals surface area contributed by atoms with Crippen LogP contribution < -0.4 is 10.2 Å². The van der Waals surface area contributed by atoms with E-state index in [-0.39, 0.29) is 0 Å². The molecule has 0 amide bonds. The predicted molar refractivity (Wildman–Crippen MR) is 86.2 cm³/mol. The third kappa shape index (κ3) is 4.48. The zero-order valence-corrected chi connectivity index (χ0v) is 13.3. The maximum atomic E-state index is 4.85. The molecule has 0 spiro atoms. The van der Waals surface area contributed by atoms with Crippen LogP contribution in [0.1, 0.15) is 51.3 Å². The van der Waals surface area contributed by atoms with Crippen LogP contribution in [-0.4, -0.2) is 24.6 Å². The number of nitrogens with one attached hydrogen (secondary N) is 1. The summed E-state index contributed by atoms with van der Waals surface area (Å²) in [6, 6.07) is 4.55. The lowest BCUT2D eigenvalue weighted by Crippen LogP contribution is -2.22. The van der Waals surface area contributed by atoms with Crippen LogP contribution in [0.25, 0.3) is 0 Å². The van der Waals surface area contributed by atoms with Crippen molar-refractivity contribution in [3.8, 4) is 0 Å². The molecule has 2 heterocycles. The molecule has 0 aromatic carbocycles. The van der Waals surface area contributed by atoms with Crippen molar-refractivity contribution in [2.24, 2.45) is 5.92 Å². The van der Waals surface area contributed by atoms with E-state index in [4.69, 9.17) is 4.98 Å². The monoisotopic (exact) mass is 275 g/mol. The van der Waals surface area contributed by atoms with Crippen LogP contribution in [0.3, 0.4) is 0 Å². The highest BCUT2D eigenvalue weighted by Gasteiger charge is 2.14. The van der Waals surface area contributed by atoms with Crippen molar-refractivity contribution in [3.05, 3.63) is 23.4 Å². The first-order chi connectivity index (χ1) is 9.69. The zero-order chi connectivity index (χ0) is 14.4. The second-order valence-electron chi connectivity index (χ2n) is 6.29. The van der Waals surface area contributed by atoms with Crippen LogP contribution in [0.2, 0.25) is 0 Å². The van der Waals surface area contributed by atoms with Gasteiger partial charge in [-0.2, -0.15) is 0 Å². The zero-order valence-electron chi connectivity index (χ0n) is 13.3. The van der Waals surface area contributed by atoms with Crippen LogP contribution in [0.15, 0.2) is 12.1 Å². The summed E-state index contributed by atoms with van der Waals surface area (Å²) in [6.45, 7) is 11.1. The molecule has 1 aromatic heterocycles. The average molecular weight is 275 g/mol. The molecule has 1 aromatic rings. The molecule has 2 rings (SSSR count). The molecule has 0 saturated carbocycles. The SMILES string of the molecule is CCCc1cc(CNCC(C)C)cc(N2CCCC2)n1. The predicted octanol–water partition coefficient (Wildman–Crippen LogP) is 3.38. The molecule has 0 unspecified atom stereocenters. The Morgan fingerprint density at radius 3 is 2.65 bits per heavy atom. The molecule has 20 heavy (non-hydrogen) atoms. The maximum absolute atomic E-state index is 4.85. The second-order valence-corrected chi connectivity index (χ2v) is 6.29. The van der Waals surface area contributed by atoms with Gasteiger partial charge in [0.05, 0.1) is 0 Å². The normalized spacial score (nSPS) is 15.3. The largest absolute Gasteiger partial charge is 0.357 e. The highest BCUT2D eigenvalue weighted by Crippen LogP contribution is 2.20. The Bertz CT molecular complexity index is 409. The summed E-state index contributed by atoms with van der Waals surface area (Å²) >= 11 is 0. The Balaban J connectivity index is 2.08. The molecule has 1 fully saturated rings. The molecule has 3 nitrogen and oxygen atoms in total. The summed E-state index contributed by atoms with van der Waals surface area (Å²) in [5, 5.41) is 3.54. The molecule has 112 valence electrons. The van der Waals surface area contributed by atoms with Gasteiger partial charge in [-0.15, -0.1) is 0 Å². The fraction of sp³-hybridized carbons (Fsp3) is 0.706. The summed E-state index contributed by atoms with van der Waals surface area (Å²) in [5.41, 5.74) is 2.63. The summed E-state index contributed by atoms with van der Waals surface area (Å²) in [4.78, 5) is 7.28. The fourth-order valence-electron chi connectivity index (χ4n) is 2.73. The van der Waals surface area contributed by atoms with Gasteiger partial charge in [0.15, 0.2) is 0 Å². The maximum Gasteiger partial charge on any atom is 0.129 e. The summed E-state index contributed by atoms with van der Waals surface area (Å²) in [7, 11) is 0. The minimum atomic E-state index is 0.699. The molecule has 0 aliphatic carbocycles. The molecule has 0 bridgehead atoms. The molecular formula is C17H29N3. The second kappa shape index (κ2) is 7.63. The Morgan fingerprint density at radius 1 is 1.25 bits per heavy atom. The van der Waals surface area contributed by atoms with Crippen LogP contribution in [0.5, 0.6) is 0 Å². The molecule has 1 N–H and O–H groups in total. The number of hydrogen-bond acceptors (Lipinski definition) is 3. The molecule has 0 radical (unpaired) electrons. The minimum absolute atomic E-state index is 0.699. The number of aryl methyl sites for hydroxylation is 1. The van der Waals surface area contributed by atoms with E-state index in [1.54, 1.807) is 0 Å². The molecular weight excluding hydrogens is 246 g/mol. The molecule has 1 aliphatic rings. The fourth-order valence-corrected chi connectivity index (χ4v) is 2.73. The lowest BCUT2D eigenvalue weighted by Gasteiger charge is -2.19. The van der Waals surface area contributed by atoms with Gasteiger partial charge in [-0.1, -0.05) is 27.2 Å². The highest BCUT2D eigenvalue weighted by atomic mass is 15.2. The van der Waals surface area contributed by atoms with E-state index in [1.807, 2.05) is 0 Å². The number of aromatic nitrogens is 1. The topological polar surface area (TPSA) is 28.2 Å². The van der Waals surface area contributed by atoms with Crippen molar-refractivity contribution >= 4 is 5.82 Å². The van der Waals surface area contributed by atoms with E-state index in [0.717, 1.165) is 25.9 Å². The van der Waals surface area contributed by atoms with Crippen LogP contribution >= 0.6 is 0 Å². The van der Waals surface area contributed by atoms with E-state index in [1.165, 1.54) is 43.0 Å². The third-order valence-corrected chi connectivity index (χ3v) is 3.74. The quantitative estimate of drug-likeness (QED) is 0.827. The molecule has 1 saturated heterocycles. The first kappa shape index (κ1) is 15.3. The van der Waals surface area contributed by atoms with Gasteiger partial charge in [0.25, 0.3) is 0 Å². The Morgan fingerprint density at radius 2 is 2.00 bits per heavy atom. The van der Waals surface area contributed by atoms with Crippen molar-refractivity contribution in [2.75, 3.05) is 24.5 Å². The van der Waals surface area contributed by atoms with Gasteiger partial charge >= 0.3 is 0 Å². The number of hydrogen-bond donors (Lipinski definition) is 1. The first-order valence-corrected chi connectivity index (χ1v) is 8.14. The van der Waals surface area contributed by atoms with Gasteiger partial charge in [-0.25, -0.2) is 4.98 Å². The van der Waals surface area contributed by atoms with Crippen molar-refractivity contribution in [2.45, 2.75) is 53.0 Å². The average Bonchev–Trinajstić information content (AvgIpc) is 2.92. The lowest BCUT2D eigenvalue weighted by molar-refractivity contribution is 0.552. The lowest BCUT2D eigenvalue weighted by atomic mass is 10.1. The number of nitrogens with zero attached hydrogens (tertiary/aromatic N) is 2. The van der Waals surface area contributed by atoms with Crippen molar-refractivity contribution in [1.29, 1.82) is 0 Å². The van der Waals surface area contributed by atoms with Crippen molar-refractivity contribution < 1.29 is 0 Å². The van der Waals surface area contributed by atoms with Gasteiger partial charge in [-0.3, -0.25) is 0 Å². The van der Waals surface area contributed by atoms with Crippen LogP contribution in [0.4, 0.5) is 5.82 Å². The summed E-state index contributed by atoms with van der Waals surface area (Å²) in [5.74, 6) is 1.89. The van der Waals surface area contributed by atoms with Crippen molar-refractivity contribution in [1.82, 2.24) is 10.3 Å². The standard InChI is InChI=1S/C17H29N3/c1-4-7-16-10-15(13-18-12-14(2)3)11-17(19-16)20-8-5-6-9-20/h10-11,14,18H,4-9,12-13H2,1-3H3. The Hall–Kier alpha value is -1.09. The molecule has 1 aliphatic heterocycles. The van der Waals surface area contributed by atoms with E-state index < -0.39 is 0 Å². The van der Waals surface area contributed by atoms with E-state index in [9.17, 15) is 0 Å². The van der Waals surface area contributed by atoms with E-state index in [0.29, 0.717) is 5.92 Å². The summed E-state index contributed by atoms with van der Waals surface area (Å²) in [6.07, 6.45) is 4.86. The number of pyridine rings is 1. The first-order valence-electron chi connectivity index (χ1n) is 8.14. The van der Waals surface area contributed by atoms with E-state index >= 15 is 0 Å². The van der Waals surface area contributed by atoms with Gasteiger partial charge in [0.2, 0.25) is 0 Å². The minimum Gasteiger partial charge on any atom is -0.357 e. The molecule has 3 heteroatoms. The number of anilines is 1.